The molecule has 1 aromatic rings. The molecule has 0 radical (unpaired) electrons. The summed E-state index contributed by atoms with van der Waals surface area (Å²) in [5.74, 6) is 0.116. The van der Waals surface area contributed by atoms with Crippen LogP contribution >= 0.6 is 0 Å². The molecule has 0 unspecified atom stereocenters. The number of carbonyl (C=O) groups excluding carboxylic acids is 2. The van der Waals surface area contributed by atoms with Crippen LogP contribution in [0.4, 0.5) is 0 Å². The molecule has 1 N–H and O–H groups in total. The lowest BCUT2D eigenvalue weighted by Crippen LogP contribution is -2.51. The summed E-state index contributed by atoms with van der Waals surface area (Å²) in [7, 11) is -1.58. The van der Waals surface area contributed by atoms with Crippen molar-refractivity contribution in [3.05, 3.63) is 29.3 Å². The first kappa shape index (κ1) is 23.7. The summed E-state index contributed by atoms with van der Waals surface area (Å²) in [6.07, 6.45) is 1.46. The molecule has 2 fully saturated rings. The quantitative estimate of drug-likeness (QED) is 0.698. The van der Waals surface area contributed by atoms with Gasteiger partial charge in [0.2, 0.25) is 21.8 Å². The molecular weight excluding hydrogens is 416 g/mol. The molecule has 2 aliphatic heterocycles. The molecular formula is C22H34N4O4S. The Hall–Kier alpha value is -1.97. The lowest BCUT2D eigenvalue weighted by atomic mass is 9.94. The van der Waals surface area contributed by atoms with Crippen molar-refractivity contribution in [2.45, 2.75) is 38.0 Å². The molecule has 2 amide bonds. The molecule has 9 heteroatoms. The molecule has 0 spiro atoms. The summed E-state index contributed by atoms with van der Waals surface area (Å²) in [6, 6.07) is 5.19. The van der Waals surface area contributed by atoms with E-state index < -0.39 is 10.0 Å². The molecule has 0 atom stereocenters. The summed E-state index contributed by atoms with van der Waals surface area (Å²) >= 11 is 0. The predicted molar refractivity (Wildman–Crippen MR) is 119 cm³/mol. The fourth-order valence-corrected chi connectivity index (χ4v) is 5.55. The van der Waals surface area contributed by atoms with Gasteiger partial charge >= 0.3 is 0 Å². The summed E-state index contributed by atoms with van der Waals surface area (Å²) in [4.78, 5) is 31.4. The van der Waals surface area contributed by atoms with Crippen LogP contribution < -0.4 is 4.72 Å². The normalized spacial score (nSPS) is 18.9. The summed E-state index contributed by atoms with van der Waals surface area (Å²) < 4.78 is 27.6. The summed E-state index contributed by atoms with van der Waals surface area (Å²) in [5.41, 5.74) is 1.69. The van der Waals surface area contributed by atoms with Gasteiger partial charge in [-0.3, -0.25) is 9.59 Å². The molecule has 0 saturated carbocycles. The molecule has 172 valence electrons. The zero-order valence-corrected chi connectivity index (χ0v) is 19.6. The Morgan fingerprint density at radius 1 is 1.00 bits per heavy atom. The van der Waals surface area contributed by atoms with Gasteiger partial charge in [0.15, 0.2) is 0 Å². The second-order valence-electron chi connectivity index (χ2n) is 8.70. The number of carbonyl (C=O) groups is 2. The lowest BCUT2D eigenvalue weighted by Gasteiger charge is -2.37. The van der Waals surface area contributed by atoms with Gasteiger partial charge in [-0.25, -0.2) is 13.1 Å². The second kappa shape index (κ2) is 10.1. The second-order valence-corrected chi connectivity index (χ2v) is 10.4. The van der Waals surface area contributed by atoms with E-state index in [9.17, 15) is 18.0 Å². The molecule has 31 heavy (non-hydrogen) atoms. The Morgan fingerprint density at radius 2 is 1.65 bits per heavy atom. The number of nitrogens with zero attached hydrogens (tertiary/aromatic N) is 3. The molecule has 8 nitrogen and oxygen atoms in total. The Morgan fingerprint density at radius 3 is 2.26 bits per heavy atom. The third kappa shape index (κ3) is 6.05. The number of amides is 2. The monoisotopic (exact) mass is 450 g/mol. The Labute approximate surface area is 185 Å². The number of aryl methyl sites for hydroxylation is 2. The van der Waals surface area contributed by atoms with Gasteiger partial charge in [-0.05, 0) is 45.4 Å². The van der Waals surface area contributed by atoms with Crippen molar-refractivity contribution in [2.24, 2.45) is 5.92 Å². The topological polar surface area (TPSA) is 90.0 Å². The number of rotatable bonds is 6. The van der Waals surface area contributed by atoms with Crippen molar-refractivity contribution in [3.8, 4) is 0 Å². The smallest absolute Gasteiger partial charge is 0.240 e. The number of likely N-dealkylation sites (N-methyl/N-ethyl adjacent to an activating group) is 1. The Kier molecular flexibility index (Phi) is 7.72. The highest BCUT2D eigenvalue weighted by Crippen LogP contribution is 2.21. The van der Waals surface area contributed by atoms with Crippen LogP contribution in [-0.4, -0.2) is 87.8 Å². The van der Waals surface area contributed by atoms with Gasteiger partial charge in [-0.15, -0.1) is 0 Å². The van der Waals surface area contributed by atoms with Gasteiger partial charge < -0.3 is 14.7 Å². The summed E-state index contributed by atoms with van der Waals surface area (Å²) in [5, 5.41) is 0. The van der Waals surface area contributed by atoms with E-state index >= 15 is 0 Å². The van der Waals surface area contributed by atoms with Crippen molar-refractivity contribution in [3.63, 3.8) is 0 Å². The molecule has 2 heterocycles. The van der Waals surface area contributed by atoms with E-state index in [0.29, 0.717) is 31.5 Å². The van der Waals surface area contributed by atoms with Gasteiger partial charge in [0, 0.05) is 58.2 Å². The SMILES string of the molecule is Cc1ccc(S(=O)(=O)NCCC(=O)N2CCC(C(=O)N3CCN(C)CC3)CC2)c(C)c1. The van der Waals surface area contributed by atoms with Crippen molar-refractivity contribution < 1.29 is 18.0 Å². The van der Waals surface area contributed by atoms with Gasteiger partial charge in [0.25, 0.3) is 0 Å². The highest BCUT2D eigenvalue weighted by atomic mass is 32.2. The van der Waals surface area contributed by atoms with E-state index in [-0.39, 0.29) is 35.6 Å². The van der Waals surface area contributed by atoms with Crippen LogP contribution in [-0.2, 0) is 19.6 Å². The van der Waals surface area contributed by atoms with Crippen molar-refractivity contribution in [1.29, 1.82) is 0 Å². The van der Waals surface area contributed by atoms with Gasteiger partial charge in [-0.2, -0.15) is 0 Å². The van der Waals surface area contributed by atoms with Crippen LogP contribution in [0.1, 0.15) is 30.4 Å². The minimum absolute atomic E-state index is 0.0181. The van der Waals surface area contributed by atoms with Crippen molar-refractivity contribution >= 4 is 21.8 Å². The van der Waals surface area contributed by atoms with Crippen LogP contribution in [0.15, 0.2) is 23.1 Å². The zero-order chi connectivity index (χ0) is 22.6. The van der Waals surface area contributed by atoms with Gasteiger partial charge in [0.05, 0.1) is 4.90 Å². The number of piperidine rings is 1. The lowest BCUT2D eigenvalue weighted by molar-refractivity contribution is -0.141. The third-order valence-corrected chi connectivity index (χ3v) is 7.88. The highest BCUT2D eigenvalue weighted by Gasteiger charge is 2.31. The number of piperazine rings is 1. The van der Waals surface area contributed by atoms with E-state index in [0.717, 1.165) is 31.7 Å². The number of hydrogen-bond acceptors (Lipinski definition) is 5. The standard InChI is InChI=1S/C22H34N4O4S/c1-17-4-5-20(18(2)16-17)31(29,30)23-9-6-21(27)25-10-7-19(8-11-25)22(28)26-14-12-24(3)13-15-26/h4-5,16,19,23H,6-15H2,1-3H3. The van der Waals surface area contributed by atoms with Gasteiger partial charge in [0.1, 0.15) is 0 Å². The molecule has 2 aliphatic rings. The Bertz CT molecular complexity index is 902. The average molecular weight is 451 g/mol. The zero-order valence-electron chi connectivity index (χ0n) is 18.8. The molecule has 3 rings (SSSR count). The van der Waals surface area contributed by atoms with E-state index in [1.54, 1.807) is 24.0 Å². The van der Waals surface area contributed by atoms with Crippen molar-refractivity contribution in [1.82, 2.24) is 19.4 Å². The maximum Gasteiger partial charge on any atom is 0.240 e. The van der Waals surface area contributed by atoms with Crippen LogP contribution in [0, 0.1) is 19.8 Å². The van der Waals surface area contributed by atoms with E-state index in [1.165, 1.54) is 0 Å². The molecule has 0 aromatic heterocycles. The number of sulfonamides is 1. The number of likely N-dealkylation sites (tertiary alicyclic amines) is 1. The Balaban J connectivity index is 1.43. The first-order valence-electron chi connectivity index (χ1n) is 11.0. The minimum atomic E-state index is -3.64. The van der Waals surface area contributed by atoms with E-state index in [2.05, 4.69) is 16.7 Å². The molecule has 2 saturated heterocycles. The first-order chi connectivity index (χ1) is 14.7. The van der Waals surface area contributed by atoms with E-state index in [4.69, 9.17) is 0 Å². The maximum absolute atomic E-state index is 12.7. The molecule has 0 aliphatic carbocycles. The minimum Gasteiger partial charge on any atom is -0.343 e. The summed E-state index contributed by atoms with van der Waals surface area (Å²) in [6.45, 7) is 8.19. The first-order valence-corrected chi connectivity index (χ1v) is 12.5. The fraction of sp³-hybridized carbons (Fsp3) is 0.636. The predicted octanol–water partition coefficient (Wildman–Crippen LogP) is 0.984. The number of benzene rings is 1. The molecule has 1 aromatic carbocycles. The maximum atomic E-state index is 12.7. The average Bonchev–Trinajstić information content (AvgIpc) is 2.73. The molecule has 0 bridgehead atoms. The third-order valence-electron chi connectivity index (χ3n) is 6.26. The van der Waals surface area contributed by atoms with Crippen molar-refractivity contribution in [2.75, 3.05) is 52.9 Å². The van der Waals surface area contributed by atoms with Crippen LogP contribution in [0.25, 0.3) is 0 Å². The fourth-order valence-electron chi connectivity index (χ4n) is 4.29. The number of hydrogen-bond donors (Lipinski definition) is 1. The van der Waals surface area contributed by atoms with Gasteiger partial charge in [-0.1, -0.05) is 17.7 Å². The number of nitrogens with one attached hydrogen (secondary N) is 1. The highest BCUT2D eigenvalue weighted by molar-refractivity contribution is 7.89. The largest absolute Gasteiger partial charge is 0.343 e. The van der Waals surface area contributed by atoms with E-state index in [1.807, 2.05) is 17.9 Å². The van der Waals surface area contributed by atoms with Crippen LogP contribution in [0.3, 0.4) is 0 Å². The van der Waals surface area contributed by atoms with Crippen LogP contribution in [0.2, 0.25) is 0 Å². The van der Waals surface area contributed by atoms with Crippen LogP contribution in [0.5, 0.6) is 0 Å².